The van der Waals surface area contributed by atoms with Gasteiger partial charge in [-0.3, -0.25) is 9.52 Å². The number of anilines is 1. The zero-order valence-corrected chi connectivity index (χ0v) is 13.6. The van der Waals surface area contributed by atoms with E-state index in [1.54, 1.807) is 37.3 Å². The van der Waals surface area contributed by atoms with Gasteiger partial charge >= 0.3 is 0 Å². The van der Waals surface area contributed by atoms with Gasteiger partial charge in [0.05, 0.1) is 4.90 Å². The summed E-state index contributed by atoms with van der Waals surface area (Å²) in [4.78, 5) is 14.3. The fourth-order valence-corrected chi connectivity index (χ4v) is 3.57. The first-order valence-corrected chi connectivity index (χ1v) is 8.57. The molecule has 0 aliphatic rings. The standard InChI is InChI=1S/C17H16N2O3S/c1-11-4-3-5-13(8-11)19-23(21,22)14-6-7-16-15(10-14)12(2)9-17(20)18-16/h3-10,19H,1-2H3,(H,18,20). The van der Waals surface area contributed by atoms with Crippen molar-refractivity contribution in [3.63, 3.8) is 0 Å². The lowest BCUT2D eigenvalue weighted by Gasteiger charge is -2.10. The summed E-state index contributed by atoms with van der Waals surface area (Å²) in [5.74, 6) is 0. The Morgan fingerprint density at radius 1 is 1.00 bits per heavy atom. The molecule has 118 valence electrons. The van der Waals surface area contributed by atoms with Crippen molar-refractivity contribution in [1.29, 1.82) is 0 Å². The number of aromatic amines is 1. The van der Waals surface area contributed by atoms with Crippen molar-refractivity contribution >= 4 is 26.6 Å². The van der Waals surface area contributed by atoms with Gasteiger partial charge in [-0.15, -0.1) is 0 Å². The molecule has 0 unspecified atom stereocenters. The summed E-state index contributed by atoms with van der Waals surface area (Å²) < 4.78 is 27.7. The predicted octanol–water partition coefficient (Wildman–Crippen LogP) is 2.95. The largest absolute Gasteiger partial charge is 0.322 e. The van der Waals surface area contributed by atoms with E-state index in [2.05, 4.69) is 9.71 Å². The topological polar surface area (TPSA) is 79.0 Å². The van der Waals surface area contributed by atoms with Crippen molar-refractivity contribution in [1.82, 2.24) is 4.98 Å². The zero-order chi connectivity index (χ0) is 16.6. The second-order valence-corrected chi connectivity index (χ2v) is 7.18. The van der Waals surface area contributed by atoms with Gasteiger partial charge in [-0.05, 0) is 55.3 Å². The van der Waals surface area contributed by atoms with Crippen LogP contribution >= 0.6 is 0 Å². The van der Waals surface area contributed by atoms with Gasteiger partial charge < -0.3 is 4.98 Å². The van der Waals surface area contributed by atoms with Crippen molar-refractivity contribution in [3.05, 3.63) is 70.0 Å². The maximum atomic E-state index is 12.6. The Morgan fingerprint density at radius 3 is 2.52 bits per heavy atom. The van der Waals surface area contributed by atoms with Gasteiger partial charge in [-0.1, -0.05) is 12.1 Å². The number of rotatable bonds is 3. The Bertz CT molecular complexity index is 1050. The minimum atomic E-state index is -3.69. The Balaban J connectivity index is 2.06. The number of aryl methyl sites for hydroxylation is 2. The lowest BCUT2D eigenvalue weighted by molar-refractivity contribution is 0.601. The van der Waals surface area contributed by atoms with Crippen LogP contribution in [-0.2, 0) is 10.0 Å². The normalized spacial score (nSPS) is 11.6. The first-order valence-electron chi connectivity index (χ1n) is 7.08. The van der Waals surface area contributed by atoms with Gasteiger partial charge in [-0.2, -0.15) is 0 Å². The maximum absolute atomic E-state index is 12.6. The molecule has 0 bridgehead atoms. The Labute approximate surface area is 134 Å². The van der Waals surface area contributed by atoms with Crippen molar-refractivity contribution < 1.29 is 8.42 Å². The third-order valence-corrected chi connectivity index (χ3v) is 4.98. The fourth-order valence-electron chi connectivity index (χ4n) is 2.49. The molecule has 1 heterocycles. The minimum Gasteiger partial charge on any atom is -0.322 e. The smallest absolute Gasteiger partial charge is 0.261 e. The van der Waals surface area contributed by atoms with Gasteiger partial charge in [-0.25, -0.2) is 8.42 Å². The van der Waals surface area contributed by atoms with Crippen LogP contribution in [0.4, 0.5) is 5.69 Å². The monoisotopic (exact) mass is 328 g/mol. The summed E-state index contributed by atoms with van der Waals surface area (Å²) in [7, 11) is -3.69. The predicted molar refractivity (Wildman–Crippen MR) is 91.3 cm³/mol. The van der Waals surface area contributed by atoms with Crippen LogP contribution in [0.25, 0.3) is 10.9 Å². The second kappa shape index (κ2) is 5.55. The molecule has 0 saturated carbocycles. The first kappa shape index (κ1) is 15.3. The SMILES string of the molecule is Cc1cccc(NS(=O)(=O)c2ccc3[nH]c(=O)cc(C)c3c2)c1. The number of nitrogens with one attached hydrogen (secondary N) is 2. The number of H-pyrrole nitrogens is 1. The number of sulfonamides is 1. The molecule has 0 aliphatic heterocycles. The van der Waals surface area contributed by atoms with Crippen molar-refractivity contribution in [2.24, 2.45) is 0 Å². The summed E-state index contributed by atoms with van der Waals surface area (Å²) in [5, 5.41) is 0.705. The highest BCUT2D eigenvalue weighted by atomic mass is 32.2. The summed E-state index contributed by atoms with van der Waals surface area (Å²) in [6, 6.07) is 13.3. The number of hydrogen-bond donors (Lipinski definition) is 2. The third kappa shape index (κ3) is 3.12. The van der Waals surface area contributed by atoms with Gasteiger partial charge in [0, 0.05) is 22.7 Å². The molecule has 0 atom stereocenters. The Morgan fingerprint density at radius 2 is 1.78 bits per heavy atom. The van der Waals surface area contributed by atoms with Crippen LogP contribution in [0.15, 0.2) is 58.2 Å². The van der Waals surface area contributed by atoms with Crippen LogP contribution in [0.1, 0.15) is 11.1 Å². The highest BCUT2D eigenvalue weighted by Gasteiger charge is 2.15. The molecule has 1 aromatic heterocycles. The molecule has 2 N–H and O–H groups in total. The molecule has 5 nitrogen and oxygen atoms in total. The molecule has 0 saturated heterocycles. The van der Waals surface area contributed by atoms with Crippen LogP contribution in [0, 0.1) is 13.8 Å². The second-order valence-electron chi connectivity index (χ2n) is 5.50. The first-order chi connectivity index (χ1) is 10.8. The van der Waals surface area contributed by atoms with E-state index in [1.165, 1.54) is 12.1 Å². The molecular weight excluding hydrogens is 312 g/mol. The van der Waals surface area contributed by atoms with Gasteiger partial charge in [0.25, 0.3) is 10.0 Å². The molecule has 3 rings (SSSR count). The fraction of sp³-hybridized carbons (Fsp3) is 0.118. The van der Waals surface area contributed by atoms with Crippen LogP contribution in [0.2, 0.25) is 0 Å². The average molecular weight is 328 g/mol. The lowest BCUT2D eigenvalue weighted by Crippen LogP contribution is -2.13. The van der Waals surface area contributed by atoms with E-state index in [4.69, 9.17) is 0 Å². The van der Waals surface area contributed by atoms with Gasteiger partial charge in [0.2, 0.25) is 5.56 Å². The molecule has 0 fully saturated rings. The van der Waals surface area contributed by atoms with Crippen molar-refractivity contribution in [2.75, 3.05) is 4.72 Å². The number of aromatic nitrogens is 1. The third-order valence-electron chi connectivity index (χ3n) is 3.60. The van der Waals surface area contributed by atoms with E-state index in [-0.39, 0.29) is 10.5 Å². The molecule has 0 aliphatic carbocycles. The minimum absolute atomic E-state index is 0.154. The van der Waals surface area contributed by atoms with Crippen LogP contribution < -0.4 is 10.3 Å². The van der Waals surface area contributed by atoms with E-state index in [1.807, 2.05) is 13.0 Å². The molecular formula is C17H16N2O3S. The number of pyridine rings is 1. The summed E-state index contributed by atoms with van der Waals surface area (Å²) >= 11 is 0. The molecule has 0 amide bonds. The van der Waals surface area contributed by atoms with Crippen LogP contribution in [0.5, 0.6) is 0 Å². The molecule has 2 aromatic carbocycles. The summed E-state index contributed by atoms with van der Waals surface area (Å²) in [6.45, 7) is 3.68. The van der Waals surface area contributed by atoms with Crippen molar-refractivity contribution in [2.45, 2.75) is 18.7 Å². The van der Waals surface area contributed by atoms with Crippen LogP contribution in [-0.4, -0.2) is 13.4 Å². The molecule has 23 heavy (non-hydrogen) atoms. The van der Waals surface area contributed by atoms with E-state index in [0.717, 1.165) is 11.1 Å². The number of hydrogen-bond acceptors (Lipinski definition) is 3. The summed E-state index contributed by atoms with van der Waals surface area (Å²) in [5.41, 5.74) is 2.63. The van der Waals surface area contributed by atoms with Gasteiger partial charge in [0.1, 0.15) is 0 Å². The molecule has 3 aromatic rings. The number of fused-ring (bicyclic) bond motifs is 1. The van der Waals surface area contributed by atoms with E-state index in [9.17, 15) is 13.2 Å². The summed E-state index contributed by atoms with van der Waals surface area (Å²) in [6.07, 6.45) is 0. The van der Waals surface area contributed by atoms with E-state index >= 15 is 0 Å². The number of benzene rings is 2. The zero-order valence-electron chi connectivity index (χ0n) is 12.8. The highest BCUT2D eigenvalue weighted by molar-refractivity contribution is 7.92. The van der Waals surface area contributed by atoms with E-state index in [0.29, 0.717) is 16.6 Å². The highest BCUT2D eigenvalue weighted by Crippen LogP contribution is 2.22. The van der Waals surface area contributed by atoms with E-state index < -0.39 is 10.0 Å². The molecule has 0 spiro atoms. The van der Waals surface area contributed by atoms with Crippen LogP contribution in [0.3, 0.4) is 0 Å². The Hall–Kier alpha value is -2.60. The average Bonchev–Trinajstić information content (AvgIpc) is 2.46. The lowest BCUT2D eigenvalue weighted by atomic mass is 10.1. The van der Waals surface area contributed by atoms with Gasteiger partial charge in [0.15, 0.2) is 0 Å². The Kier molecular flexibility index (Phi) is 3.69. The maximum Gasteiger partial charge on any atom is 0.261 e. The molecule has 0 radical (unpaired) electrons. The van der Waals surface area contributed by atoms with Crippen molar-refractivity contribution in [3.8, 4) is 0 Å². The quantitative estimate of drug-likeness (QED) is 0.776. The molecule has 6 heteroatoms.